The van der Waals surface area contributed by atoms with E-state index in [0.717, 1.165) is 12.0 Å². The number of benzene rings is 1. The van der Waals surface area contributed by atoms with Crippen LogP contribution in [0.4, 0.5) is 5.69 Å². The van der Waals surface area contributed by atoms with Crippen LogP contribution in [0.1, 0.15) is 15.9 Å². The van der Waals surface area contributed by atoms with Crippen LogP contribution in [0, 0.1) is 10.1 Å². The van der Waals surface area contributed by atoms with Gasteiger partial charge in [-0.15, -0.1) is 0 Å². The van der Waals surface area contributed by atoms with E-state index < -0.39 is 4.92 Å². The molecule has 0 bridgehead atoms. The van der Waals surface area contributed by atoms with Crippen molar-refractivity contribution in [3.8, 4) is 0 Å². The predicted octanol–water partition coefficient (Wildman–Crippen LogP) is 0.992. The van der Waals surface area contributed by atoms with Gasteiger partial charge in [-0.3, -0.25) is 14.9 Å². The molecule has 0 radical (unpaired) electrons. The SMILES string of the molecule is O=C1c2cc([N+](=O)[O-])ccc2CCN1CC1CO1. The number of carbonyl (C=O) groups excluding carboxylic acids is 1. The highest BCUT2D eigenvalue weighted by Gasteiger charge is 2.32. The lowest BCUT2D eigenvalue weighted by atomic mass is 9.98. The topological polar surface area (TPSA) is 76.0 Å². The van der Waals surface area contributed by atoms with Gasteiger partial charge in [0.15, 0.2) is 0 Å². The van der Waals surface area contributed by atoms with Crippen molar-refractivity contribution in [3.05, 3.63) is 39.4 Å². The van der Waals surface area contributed by atoms with Crippen LogP contribution in [0.25, 0.3) is 0 Å². The van der Waals surface area contributed by atoms with Gasteiger partial charge in [-0.1, -0.05) is 6.07 Å². The molecule has 0 spiro atoms. The molecule has 0 saturated carbocycles. The molecule has 6 heteroatoms. The van der Waals surface area contributed by atoms with Crippen molar-refractivity contribution in [1.82, 2.24) is 4.90 Å². The van der Waals surface area contributed by atoms with E-state index in [1.165, 1.54) is 12.1 Å². The van der Waals surface area contributed by atoms with Gasteiger partial charge in [0.25, 0.3) is 11.6 Å². The number of nitrogens with zero attached hydrogens (tertiary/aromatic N) is 2. The summed E-state index contributed by atoms with van der Waals surface area (Å²) in [5.41, 5.74) is 1.31. The highest BCUT2D eigenvalue weighted by Crippen LogP contribution is 2.25. The van der Waals surface area contributed by atoms with Crippen molar-refractivity contribution in [2.45, 2.75) is 12.5 Å². The molecule has 1 unspecified atom stereocenters. The highest BCUT2D eigenvalue weighted by molar-refractivity contribution is 5.97. The van der Waals surface area contributed by atoms with Crippen LogP contribution in [0.5, 0.6) is 0 Å². The van der Waals surface area contributed by atoms with E-state index in [1.54, 1.807) is 11.0 Å². The summed E-state index contributed by atoms with van der Waals surface area (Å²) >= 11 is 0. The maximum Gasteiger partial charge on any atom is 0.270 e. The van der Waals surface area contributed by atoms with Crippen LogP contribution < -0.4 is 0 Å². The number of hydrogen-bond acceptors (Lipinski definition) is 4. The number of hydrogen-bond donors (Lipinski definition) is 0. The Morgan fingerprint density at radius 2 is 2.28 bits per heavy atom. The molecule has 94 valence electrons. The fourth-order valence-corrected chi connectivity index (χ4v) is 2.22. The van der Waals surface area contributed by atoms with E-state index in [9.17, 15) is 14.9 Å². The summed E-state index contributed by atoms with van der Waals surface area (Å²) in [5.74, 6) is -0.129. The molecular weight excluding hydrogens is 236 g/mol. The zero-order chi connectivity index (χ0) is 12.7. The smallest absolute Gasteiger partial charge is 0.270 e. The van der Waals surface area contributed by atoms with Crippen LogP contribution in [0.15, 0.2) is 18.2 Å². The number of fused-ring (bicyclic) bond motifs is 1. The largest absolute Gasteiger partial charge is 0.371 e. The third-order valence-corrected chi connectivity index (χ3v) is 3.30. The van der Waals surface area contributed by atoms with E-state index >= 15 is 0 Å². The van der Waals surface area contributed by atoms with Gasteiger partial charge in [0.2, 0.25) is 0 Å². The molecular formula is C12H12N2O4. The van der Waals surface area contributed by atoms with E-state index in [1.807, 2.05) is 0 Å². The minimum Gasteiger partial charge on any atom is -0.371 e. The second kappa shape index (κ2) is 4.06. The first kappa shape index (κ1) is 11.2. The molecule has 0 aromatic heterocycles. The normalized spacial score (nSPS) is 21.7. The second-order valence-corrected chi connectivity index (χ2v) is 4.56. The van der Waals surface area contributed by atoms with Crippen molar-refractivity contribution >= 4 is 11.6 Å². The zero-order valence-electron chi connectivity index (χ0n) is 9.67. The lowest BCUT2D eigenvalue weighted by Gasteiger charge is -2.27. The van der Waals surface area contributed by atoms with Crippen LogP contribution in [0.3, 0.4) is 0 Å². The third-order valence-electron chi connectivity index (χ3n) is 3.30. The van der Waals surface area contributed by atoms with E-state index in [4.69, 9.17) is 4.74 Å². The number of ether oxygens (including phenoxy) is 1. The Kier molecular flexibility index (Phi) is 2.52. The summed E-state index contributed by atoms with van der Waals surface area (Å²) in [4.78, 5) is 24.2. The van der Waals surface area contributed by atoms with E-state index in [-0.39, 0.29) is 17.7 Å². The van der Waals surface area contributed by atoms with Gasteiger partial charge >= 0.3 is 0 Å². The minimum absolute atomic E-state index is 0.0355. The first-order valence-corrected chi connectivity index (χ1v) is 5.83. The van der Waals surface area contributed by atoms with Gasteiger partial charge in [0, 0.05) is 30.8 Å². The summed E-state index contributed by atoms with van der Waals surface area (Å²) in [7, 11) is 0. The first-order chi connectivity index (χ1) is 8.65. The van der Waals surface area contributed by atoms with Crippen LogP contribution in [-0.4, -0.2) is 41.5 Å². The van der Waals surface area contributed by atoms with Gasteiger partial charge in [-0.25, -0.2) is 0 Å². The predicted molar refractivity (Wildman–Crippen MR) is 62.4 cm³/mol. The molecule has 1 fully saturated rings. The fraction of sp³-hybridized carbons (Fsp3) is 0.417. The second-order valence-electron chi connectivity index (χ2n) is 4.56. The Hall–Kier alpha value is -1.95. The number of amides is 1. The van der Waals surface area contributed by atoms with Gasteiger partial charge in [-0.2, -0.15) is 0 Å². The molecule has 1 aromatic carbocycles. The first-order valence-electron chi connectivity index (χ1n) is 5.83. The van der Waals surface area contributed by atoms with Gasteiger partial charge in [0.05, 0.1) is 17.6 Å². The standard InChI is InChI=1S/C12H12N2O4/c15-12-11-5-9(14(16)17)2-1-8(11)3-4-13(12)6-10-7-18-10/h1-2,5,10H,3-4,6-7H2. The Morgan fingerprint density at radius 3 is 2.94 bits per heavy atom. The molecule has 1 atom stereocenters. The molecule has 1 saturated heterocycles. The summed E-state index contributed by atoms with van der Waals surface area (Å²) in [6, 6.07) is 4.50. The fourth-order valence-electron chi connectivity index (χ4n) is 2.22. The maximum atomic E-state index is 12.2. The molecule has 3 rings (SSSR count). The lowest BCUT2D eigenvalue weighted by molar-refractivity contribution is -0.384. The summed E-state index contributed by atoms with van der Waals surface area (Å²) in [6.45, 7) is 1.94. The Balaban J connectivity index is 1.89. The number of nitro groups is 1. The quantitative estimate of drug-likeness (QED) is 0.454. The number of nitro benzene ring substituents is 1. The summed E-state index contributed by atoms with van der Waals surface area (Å²) < 4.78 is 5.11. The Labute approximate surface area is 103 Å². The lowest BCUT2D eigenvalue weighted by Crippen LogP contribution is -2.39. The van der Waals surface area contributed by atoms with E-state index in [0.29, 0.717) is 25.3 Å². The summed E-state index contributed by atoms with van der Waals surface area (Å²) in [6.07, 6.45) is 0.889. The van der Waals surface area contributed by atoms with Gasteiger partial charge in [-0.05, 0) is 12.0 Å². The van der Waals surface area contributed by atoms with Crippen molar-refractivity contribution in [1.29, 1.82) is 0 Å². The molecule has 1 aromatic rings. The highest BCUT2D eigenvalue weighted by atomic mass is 16.6. The van der Waals surface area contributed by atoms with Crippen LogP contribution in [0.2, 0.25) is 0 Å². The number of epoxide rings is 1. The minimum atomic E-state index is -0.476. The number of carbonyl (C=O) groups is 1. The Morgan fingerprint density at radius 1 is 1.50 bits per heavy atom. The summed E-state index contributed by atoms with van der Waals surface area (Å²) in [5, 5.41) is 10.7. The molecule has 1 amide bonds. The monoisotopic (exact) mass is 248 g/mol. The Bertz CT molecular complexity index is 525. The van der Waals surface area contributed by atoms with Gasteiger partial charge < -0.3 is 9.64 Å². The molecule has 2 aliphatic rings. The van der Waals surface area contributed by atoms with Crippen molar-refractivity contribution in [3.63, 3.8) is 0 Å². The molecule has 18 heavy (non-hydrogen) atoms. The zero-order valence-corrected chi connectivity index (χ0v) is 9.67. The van der Waals surface area contributed by atoms with Crippen molar-refractivity contribution in [2.24, 2.45) is 0 Å². The van der Waals surface area contributed by atoms with Crippen molar-refractivity contribution < 1.29 is 14.5 Å². The molecule has 6 nitrogen and oxygen atoms in total. The number of rotatable bonds is 3. The van der Waals surface area contributed by atoms with Gasteiger partial charge in [0.1, 0.15) is 0 Å². The van der Waals surface area contributed by atoms with Crippen molar-refractivity contribution in [2.75, 3.05) is 19.7 Å². The molecule has 2 heterocycles. The van der Waals surface area contributed by atoms with Crippen LogP contribution in [-0.2, 0) is 11.2 Å². The average Bonchev–Trinajstić information content (AvgIpc) is 3.16. The molecule has 2 aliphatic heterocycles. The maximum absolute atomic E-state index is 12.2. The molecule has 0 aliphatic carbocycles. The van der Waals surface area contributed by atoms with E-state index in [2.05, 4.69) is 0 Å². The average molecular weight is 248 g/mol. The van der Waals surface area contributed by atoms with Crippen LogP contribution >= 0.6 is 0 Å². The third kappa shape index (κ3) is 1.95. The number of non-ortho nitro benzene ring substituents is 1. The molecule has 0 N–H and O–H groups in total.